The van der Waals surface area contributed by atoms with Crippen LogP contribution in [-0.4, -0.2) is 29.8 Å². The Labute approximate surface area is 137 Å². The van der Waals surface area contributed by atoms with Gasteiger partial charge in [-0.1, -0.05) is 25.1 Å². The summed E-state index contributed by atoms with van der Waals surface area (Å²) in [6, 6.07) is 7.92. The van der Waals surface area contributed by atoms with Gasteiger partial charge in [-0.25, -0.2) is 0 Å². The summed E-state index contributed by atoms with van der Waals surface area (Å²) in [6.45, 7) is 4.51. The van der Waals surface area contributed by atoms with Gasteiger partial charge in [-0.2, -0.15) is 0 Å². The van der Waals surface area contributed by atoms with Crippen LogP contribution in [0.1, 0.15) is 31.7 Å². The Morgan fingerprint density at radius 1 is 1.35 bits per heavy atom. The summed E-state index contributed by atoms with van der Waals surface area (Å²) in [6.07, 6.45) is 2.85. The Hall–Kier alpha value is -1.88. The summed E-state index contributed by atoms with van der Waals surface area (Å²) in [7, 11) is 0. The molecule has 0 bridgehead atoms. The van der Waals surface area contributed by atoms with Gasteiger partial charge in [0.2, 0.25) is 11.8 Å². The number of hydrogen-bond donors (Lipinski definition) is 2. The number of para-hydroxylation sites is 1. The molecule has 5 heteroatoms. The third-order valence-corrected chi connectivity index (χ3v) is 5.02. The maximum Gasteiger partial charge on any atom is 0.227 e. The Bertz CT molecular complexity index is 602. The second-order valence-electron chi connectivity index (χ2n) is 6.94. The largest absolute Gasteiger partial charge is 0.369 e. The summed E-state index contributed by atoms with van der Waals surface area (Å²) in [5.41, 5.74) is 7.43. The summed E-state index contributed by atoms with van der Waals surface area (Å²) in [4.78, 5) is 25.9. The molecule has 23 heavy (non-hydrogen) atoms. The lowest BCUT2D eigenvalue weighted by Crippen LogP contribution is -2.40. The number of piperidine rings is 1. The summed E-state index contributed by atoms with van der Waals surface area (Å²) >= 11 is 0. The number of carbonyl (C=O) groups is 2. The molecule has 124 valence electrons. The van der Waals surface area contributed by atoms with Gasteiger partial charge in [-0.3, -0.25) is 14.5 Å². The predicted octanol–water partition coefficient (Wildman–Crippen LogP) is 1.98. The van der Waals surface area contributed by atoms with Crippen LogP contribution in [0, 0.1) is 17.8 Å². The van der Waals surface area contributed by atoms with Crippen LogP contribution in [0.15, 0.2) is 24.3 Å². The summed E-state index contributed by atoms with van der Waals surface area (Å²) < 4.78 is 0. The first-order valence-electron chi connectivity index (χ1n) is 8.45. The number of rotatable bonds is 5. The van der Waals surface area contributed by atoms with Crippen molar-refractivity contribution in [3.05, 3.63) is 29.8 Å². The number of nitrogens with two attached hydrogens (primary N) is 1. The molecular formula is C18H25N3O2. The first kappa shape index (κ1) is 16.0. The predicted molar refractivity (Wildman–Crippen MR) is 89.5 cm³/mol. The highest BCUT2D eigenvalue weighted by Crippen LogP contribution is 2.38. The highest BCUT2D eigenvalue weighted by atomic mass is 16.2. The zero-order chi connectivity index (χ0) is 16.4. The molecule has 2 amide bonds. The van der Waals surface area contributed by atoms with Crippen molar-refractivity contribution in [1.82, 2.24) is 4.90 Å². The topological polar surface area (TPSA) is 75.4 Å². The molecule has 2 aliphatic rings. The van der Waals surface area contributed by atoms with E-state index in [-0.39, 0.29) is 23.7 Å². The van der Waals surface area contributed by atoms with Crippen molar-refractivity contribution in [3.63, 3.8) is 0 Å². The Kier molecular flexibility index (Phi) is 4.66. The monoisotopic (exact) mass is 315 g/mol. The van der Waals surface area contributed by atoms with Gasteiger partial charge in [-0.15, -0.1) is 0 Å². The van der Waals surface area contributed by atoms with Crippen LogP contribution in [0.25, 0.3) is 0 Å². The fraction of sp³-hybridized carbons (Fsp3) is 0.556. The van der Waals surface area contributed by atoms with Crippen LogP contribution in [0.3, 0.4) is 0 Å². The van der Waals surface area contributed by atoms with E-state index in [1.54, 1.807) is 0 Å². The van der Waals surface area contributed by atoms with Gasteiger partial charge < -0.3 is 11.1 Å². The highest BCUT2D eigenvalue weighted by Gasteiger charge is 2.39. The highest BCUT2D eigenvalue weighted by molar-refractivity contribution is 5.95. The molecule has 0 aromatic heterocycles. The zero-order valence-corrected chi connectivity index (χ0v) is 13.6. The lowest BCUT2D eigenvalue weighted by molar-refractivity contribution is -0.123. The average molecular weight is 315 g/mol. The van der Waals surface area contributed by atoms with Gasteiger partial charge >= 0.3 is 0 Å². The van der Waals surface area contributed by atoms with E-state index in [0.717, 1.165) is 43.6 Å². The molecule has 3 atom stereocenters. The number of nitrogens with zero attached hydrogens (tertiary/aromatic N) is 1. The molecule has 0 unspecified atom stereocenters. The second-order valence-corrected chi connectivity index (χ2v) is 6.94. The molecule has 3 N–H and O–H groups in total. The van der Waals surface area contributed by atoms with E-state index in [2.05, 4.69) is 17.1 Å². The van der Waals surface area contributed by atoms with Crippen LogP contribution in [0.4, 0.5) is 5.69 Å². The van der Waals surface area contributed by atoms with Crippen molar-refractivity contribution in [2.45, 2.75) is 32.7 Å². The first-order valence-corrected chi connectivity index (χ1v) is 8.45. The van der Waals surface area contributed by atoms with E-state index < -0.39 is 0 Å². The number of nitrogens with one attached hydrogen (secondary N) is 1. The maximum absolute atomic E-state index is 12.2. The lowest BCUT2D eigenvalue weighted by atomic mass is 9.97. The molecule has 1 aliphatic heterocycles. The molecule has 1 aliphatic carbocycles. The van der Waals surface area contributed by atoms with E-state index in [1.807, 2.05) is 24.3 Å². The van der Waals surface area contributed by atoms with E-state index in [4.69, 9.17) is 5.73 Å². The molecule has 1 aromatic rings. The minimum Gasteiger partial charge on any atom is -0.369 e. The van der Waals surface area contributed by atoms with Crippen molar-refractivity contribution < 1.29 is 9.59 Å². The number of likely N-dealkylation sites (tertiary alicyclic amines) is 1. The van der Waals surface area contributed by atoms with Gasteiger partial charge in [-0.05, 0) is 43.4 Å². The van der Waals surface area contributed by atoms with E-state index in [1.165, 1.54) is 0 Å². The number of hydrogen-bond acceptors (Lipinski definition) is 3. The van der Waals surface area contributed by atoms with Gasteiger partial charge in [0.05, 0.1) is 5.92 Å². The normalized spacial score (nSPS) is 27.4. The molecule has 1 heterocycles. The Morgan fingerprint density at radius 2 is 2.09 bits per heavy atom. The van der Waals surface area contributed by atoms with Crippen molar-refractivity contribution >= 4 is 17.5 Å². The zero-order valence-electron chi connectivity index (χ0n) is 13.6. The van der Waals surface area contributed by atoms with Gasteiger partial charge in [0.15, 0.2) is 0 Å². The van der Waals surface area contributed by atoms with Crippen LogP contribution in [0.5, 0.6) is 0 Å². The van der Waals surface area contributed by atoms with Crippen LogP contribution >= 0.6 is 0 Å². The van der Waals surface area contributed by atoms with E-state index in [0.29, 0.717) is 12.5 Å². The standard InChI is InChI=1S/C18H25N3O2/c1-12-9-15(12)18(23)20-16-7-3-2-5-13(16)10-21-8-4-6-14(11-21)17(19)22/h2-3,5,7,12,14-15H,4,6,8-11H2,1H3,(H2,19,22)(H,20,23)/t12-,14+,15-/m1/s1. The minimum atomic E-state index is -0.209. The van der Waals surface area contributed by atoms with Crippen molar-refractivity contribution in [2.24, 2.45) is 23.5 Å². The lowest BCUT2D eigenvalue weighted by Gasteiger charge is -2.31. The van der Waals surface area contributed by atoms with E-state index in [9.17, 15) is 9.59 Å². The molecule has 0 spiro atoms. The number of anilines is 1. The van der Waals surface area contributed by atoms with Gasteiger partial charge in [0.25, 0.3) is 0 Å². The molecule has 3 rings (SSSR count). The number of carbonyl (C=O) groups excluding carboxylic acids is 2. The third-order valence-electron chi connectivity index (χ3n) is 5.02. The van der Waals surface area contributed by atoms with Crippen LogP contribution in [0.2, 0.25) is 0 Å². The number of amides is 2. The molecule has 2 fully saturated rings. The SMILES string of the molecule is C[C@@H]1C[C@H]1C(=O)Nc1ccccc1CN1CCC[C@H](C(N)=O)C1. The summed E-state index contributed by atoms with van der Waals surface area (Å²) in [5, 5.41) is 3.07. The van der Waals surface area contributed by atoms with Crippen LogP contribution < -0.4 is 11.1 Å². The first-order chi connectivity index (χ1) is 11.0. The molecule has 0 radical (unpaired) electrons. The van der Waals surface area contributed by atoms with Crippen molar-refractivity contribution in [3.8, 4) is 0 Å². The minimum absolute atomic E-state index is 0.0576. The Balaban J connectivity index is 1.65. The fourth-order valence-electron chi connectivity index (χ4n) is 3.37. The molecular weight excluding hydrogens is 290 g/mol. The Morgan fingerprint density at radius 3 is 2.78 bits per heavy atom. The maximum atomic E-state index is 12.2. The van der Waals surface area contributed by atoms with Crippen LogP contribution in [-0.2, 0) is 16.1 Å². The quantitative estimate of drug-likeness (QED) is 0.872. The van der Waals surface area contributed by atoms with Crippen molar-refractivity contribution in [2.75, 3.05) is 18.4 Å². The second kappa shape index (κ2) is 6.71. The molecule has 5 nitrogen and oxygen atoms in total. The average Bonchev–Trinajstić information content (AvgIpc) is 3.26. The third kappa shape index (κ3) is 3.91. The van der Waals surface area contributed by atoms with Crippen molar-refractivity contribution in [1.29, 1.82) is 0 Å². The van der Waals surface area contributed by atoms with E-state index >= 15 is 0 Å². The molecule has 1 saturated carbocycles. The number of benzene rings is 1. The molecule has 1 aromatic carbocycles. The number of primary amides is 1. The molecule has 1 saturated heterocycles. The van der Waals surface area contributed by atoms with Gasteiger partial charge in [0.1, 0.15) is 0 Å². The van der Waals surface area contributed by atoms with Gasteiger partial charge in [0, 0.05) is 24.7 Å². The smallest absolute Gasteiger partial charge is 0.227 e. The summed E-state index contributed by atoms with van der Waals surface area (Å²) in [5.74, 6) is 0.522. The fourth-order valence-corrected chi connectivity index (χ4v) is 3.37.